The lowest BCUT2D eigenvalue weighted by atomic mass is 9.84. The Kier molecular flexibility index (Phi) is 33.2. The number of aliphatic hydroxyl groups excluding tert-OH is 1. The summed E-state index contributed by atoms with van der Waals surface area (Å²) in [7, 11) is 1.00. The lowest BCUT2D eigenvalue weighted by Crippen LogP contribution is -2.39. The van der Waals surface area contributed by atoms with Gasteiger partial charge in [0.05, 0.1) is 6.04 Å². The molecule has 5 N–H and O–H groups in total. The first-order valence-corrected chi connectivity index (χ1v) is 14.0. The Morgan fingerprint density at radius 1 is 1.03 bits per heavy atom. The van der Waals surface area contributed by atoms with E-state index in [9.17, 15) is 9.59 Å². The average molecular weight is 488 g/mol. The van der Waals surface area contributed by atoms with Crippen molar-refractivity contribution in [2.75, 3.05) is 26.7 Å². The lowest BCUT2D eigenvalue weighted by molar-refractivity contribution is -0.126. The molecule has 206 valence electrons. The molecule has 0 spiro atoms. The van der Waals surface area contributed by atoms with E-state index in [1.165, 1.54) is 83.7 Å². The largest absolute Gasteiger partial charge is 0.400 e. The first-order valence-electron chi connectivity index (χ1n) is 14.0. The van der Waals surface area contributed by atoms with Gasteiger partial charge >= 0.3 is 0 Å². The van der Waals surface area contributed by atoms with E-state index in [0.29, 0.717) is 19.4 Å². The molecule has 3 atom stereocenters. The van der Waals surface area contributed by atoms with Gasteiger partial charge in [0, 0.05) is 13.0 Å². The number of nitrogens with two attached hydrogens (primary N) is 1. The Morgan fingerprint density at radius 2 is 1.59 bits per heavy atom. The number of nitrogens with one attached hydrogen (secondary N) is 2. The van der Waals surface area contributed by atoms with Gasteiger partial charge in [-0.05, 0) is 44.3 Å². The molecule has 1 aliphatic rings. The predicted molar refractivity (Wildman–Crippen MR) is 148 cm³/mol. The maximum absolute atomic E-state index is 11.3. The van der Waals surface area contributed by atoms with Gasteiger partial charge < -0.3 is 21.5 Å². The van der Waals surface area contributed by atoms with Crippen molar-refractivity contribution in [1.82, 2.24) is 10.6 Å². The molecule has 34 heavy (non-hydrogen) atoms. The molecule has 1 rings (SSSR count). The van der Waals surface area contributed by atoms with Crippen LogP contribution < -0.4 is 16.4 Å². The first-order chi connectivity index (χ1) is 16.4. The van der Waals surface area contributed by atoms with Gasteiger partial charge in [-0.2, -0.15) is 0 Å². The van der Waals surface area contributed by atoms with Crippen LogP contribution >= 0.6 is 0 Å². The van der Waals surface area contributed by atoms with E-state index >= 15 is 0 Å². The SMILES string of the molecule is CC(C)C(=O)C(CCN)NC=O.CCCCC.CCCCCCCCC1CCNCC1C.CO. The molecular formula is C28H61N3O3. The van der Waals surface area contributed by atoms with Gasteiger partial charge in [-0.1, -0.05) is 106 Å². The summed E-state index contributed by atoms with van der Waals surface area (Å²) in [6.07, 6.45) is 16.7. The minimum atomic E-state index is -0.410. The van der Waals surface area contributed by atoms with Crippen molar-refractivity contribution in [1.29, 1.82) is 0 Å². The fraction of sp³-hybridized carbons (Fsp3) is 0.929. The van der Waals surface area contributed by atoms with E-state index in [2.05, 4.69) is 38.3 Å². The second kappa shape index (κ2) is 30.1. The molecule has 1 heterocycles. The highest BCUT2D eigenvalue weighted by molar-refractivity contribution is 5.87. The van der Waals surface area contributed by atoms with Crippen molar-refractivity contribution in [2.45, 2.75) is 125 Å². The van der Waals surface area contributed by atoms with E-state index in [1.807, 2.05) is 0 Å². The van der Waals surface area contributed by atoms with Crippen molar-refractivity contribution < 1.29 is 14.7 Å². The lowest BCUT2D eigenvalue weighted by Gasteiger charge is -2.29. The van der Waals surface area contributed by atoms with Gasteiger partial charge in [-0.15, -0.1) is 0 Å². The highest BCUT2D eigenvalue weighted by atomic mass is 16.2. The molecule has 0 aromatic rings. The van der Waals surface area contributed by atoms with Gasteiger partial charge in [-0.25, -0.2) is 0 Å². The van der Waals surface area contributed by atoms with E-state index in [-0.39, 0.29) is 11.7 Å². The first kappa shape index (κ1) is 37.6. The zero-order valence-electron chi connectivity index (χ0n) is 23.8. The van der Waals surface area contributed by atoms with Crippen LogP contribution in [0.25, 0.3) is 0 Å². The highest BCUT2D eigenvalue weighted by Gasteiger charge is 2.20. The number of piperidine rings is 1. The summed E-state index contributed by atoms with van der Waals surface area (Å²) in [5.74, 6) is 1.90. The molecule has 6 nitrogen and oxygen atoms in total. The van der Waals surface area contributed by atoms with Gasteiger partial charge in [0.1, 0.15) is 0 Å². The third-order valence-electron chi connectivity index (χ3n) is 6.24. The summed E-state index contributed by atoms with van der Waals surface area (Å²) in [6, 6.07) is -0.410. The zero-order chi connectivity index (χ0) is 26.6. The summed E-state index contributed by atoms with van der Waals surface area (Å²) in [5, 5.41) is 12.9. The predicted octanol–water partition coefficient (Wildman–Crippen LogP) is 5.46. The second-order valence-corrected chi connectivity index (χ2v) is 9.61. The van der Waals surface area contributed by atoms with E-state index in [1.54, 1.807) is 13.8 Å². The molecule has 1 amide bonds. The number of hydrogen-bond acceptors (Lipinski definition) is 5. The summed E-state index contributed by atoms with van der Waals surface area (Å²) in [6.45, 7) is 15.6. The number of ketones is 1. The normalized spacial score (nSPS) is 17.7. The molecule has 0 aliphatic carbocycles. The molecule has 0 aromatic carbocycles. The molecule has 1 fully saturated rings. The van der Waals surface area contributed by atoms with E-state index in [0.717, 1.165) is 18.9 Å². The van der Waals surface area contributed by atoms with Crippen LogP contribution in [-0.2, 0) is 9.59 Å². The summed E-state index contributed by atoms with van der Waals surface area (Å²) >= 11 is 0. The minimum absolute atomic E-state index is 0.0348. The third kappa shape index (κ3) is 24.2. The summed E-state index contributed by atoms with van der Waals surface area (Å²) in [5.41, 5.74) is 5.29. The molecule has 0 radical (unpaired) electrons. The van der Waals surface area contributed by atoms with Crippen LogP contribution in [0, 0.1) is 17.8 Å². The maximum atomic E-state index is 11.3. The molecule has 0 bridgehead atoms. The smallest absolute Gasteiger partial charge is 0.207 e. The van der Waals surface area contributed by atoms with Crippen LogP contribution in [-0.4, -0.2) is 50.1 Å². The Balaban J connectivity index is -0.000000452. The molecule has 1 saturated heterocycles. The zero-order valence-corrected chi connectivity index (χ0v) is 23.8. The number of carbonyl (C=O) groups excluding carboxylic acids is 2. The summed E-state index contributed by atoms with van der Waals surface area (Å²) < 4.78 is 0. The van der Waals surface area contributed by atoms with Crippen LogP contribution in [0.15, 0.2) is 0 Å². The van der Waals surface area contributed by atoms with Gasteiger partial charge in [0.15, 0.2) is 5.78 Å². The number of aliphatic hydroxyl groups is 1. The second-order valence-electron chi connectivity index (χ2n) is 9.61. The minimum Gasteiger partial charge on any atom is -0.400 e. The van der Waals surface area contributed by atoms with Crippen molar-refractivity contribution in [3.63, 3.8) is 0 Å². The average Bonchev–Trinajstić information content (AvgIpc) is 2.84. The van der Waals surface area contributed by atoms with Crippen LogP contribution in [0.1, 0.15) is 119 Å². The number of amides is 1. The van der Waals surface area contributed by atoms with Crippen LogP contribution in [0.4, 0.5) is 0 Å². The van der Waals surface area contributed by atoms with Crippen molar-refractivity contribution in [2.24, 2.45) is 23.5 Å². The fourth-order valence-electron chi connectivity index (χ4n) is 4.00. The van der Waals surface area contributed by atoms with E-state index < -0.39 is 6.04 Å². The van der Waals surface area contributed by atoms with Gasteiger partial charge in [-0.3, -0.25) is 9.59 Å². The maximum Gasteiger partial charge on any atom is 0.207 e. The number of rotatable bonds is 15. The van der Waals surface area contributed by atoms with Crippen LogP contribution in [0.3, 0.4) is 0 Å². The van der Waals surface area contributed by atoms with Crippen molar-refractivity contribution in [3.8, 4) is 0 Å². The fourth-order valence-corrected chi connectivity index (χ4v) is 4.00. The number of hydrogen-bond donors (Lipinski definition) is 4. The monoisotopic (exact) mass is 487 g/mol. The third-order valence-corrected chi connectivity index (χ3v) is 6.24. The van der Waals surface area contributed by atoms with Gasteiger partial charge in [0.2, 0.25) is 6.41 Å². The standard InChI is InChI=1S/C14H29N.C8H16N2O2.C5H12.CH4O/c1-3-4-5-6-7-8-9-14-10-11-15-12-13(14)2;1-6(2)8(12)7(3-4-9)10-5-11;1-3-5-4-2;1-2/h13-15H,3-12H2,1-2H3;5-7H,3-4,9H2,1-2H3,(H,10,11);3-5H2,1-2H3;2H,1H3. The molecule has 3 unspecified atom stereocenters. The number of Topliss-reactive ketones (excluding diaryl/α,β-unsaturated/α-hetero) is 1. The Morgan fingerprint density at radius 3 is 2.03 bits per heavy atom. The molecule has 1 aliphatic heterocycles. The Bertz CT molecular complexity index is 418. The number of carbonyl (C=O) groups is 2. The quantitative estimate of drug-likeness (QED) is 0.181. The molecule has 6 heteroatoms. The highest BCUT2D eigenvalue weighted by Crippen LogP contribution is 2.24. The van der Waals surface area contributed by atoms with Crippen molar-refractivity contribution in [3.05, 3.63) is 0 Å². The van der Waals surface area contributed by atoms with E-state index in [4.69, 9.17) is 10.8 Å². The van der Waals surface area contributed by atoms with Crippen LogP contribution in [0.5, 0.6) is 0 Å². The Hall–Kier alpha value is -0.980. The topological polar surface area (TPSA) is 104 Å². The molecule has 0 saturated carbocycles. The van der Waals surface area contributed by atoms with Crippen LogP contribution in [0.2, 0.25) is 0 Å². The van der Waals surface area contributed by atoms with Gasteiger partial charge in [0.25, 0.3) is 0 Å². The Labute approximate surface area is 212 Å². The van der Waals surface area contributed by atoms with Crippen molar-refractivity contribution >= 4 is 12.2 Å². The summed E-state index contributed by atoms with van der Waals surface area (Å²) in [4.78, 5) is 21.5. The molecular weight excluding hydrogens is 426 g/mol. The number of unbranched alkanes of at least 4 members (excludes halogenated alkanes) is 7. The molecule has 0 aromatic heterocycles.